The highest BCUT2D eigenvalue weighted by molar-refractivity contribution is 7.99. The topological polar surface area (TPSA) is 26.3 Å². The maximum absolute atomic E-state index is 11.9. The molecular formula is C12H20O2S. The van der Waals surface area contributed by atoms with Gasteiger partial charge < -0.3 is 4.74 Å². The van der Waals surface area contributed by atoms with E-state index in [1.165, 1.54) is 32.1 Å². The van der Waals surface area contributed by atoms with Crippen LogP contribution in [-0.4, -0.2) is 30.0 Å². The SMILES string of the molecule is O=C(CC1CCCCC1)C1CSCCO1. The van der Waals surface area contributed by atoms with E-state index in [-0.39, 0.29) is 6.10 Å². The Bertz CT molecular complexity index is 206. The molecule has 0 spiro atoms. The zero-order valence-electron chi connectivity index (χ0n) is 9.24. The van der Waals surface area contributed by atoms with Crippen molar-refractivity contribution < 1.29 is 9.53 Å². The third-order valence-corrected chi connectivity index (χ3v) is 4.38. The van der Waals surface area contributed by atoms with E-state index in [2.05, 4.69) is 0 Å². The van der Waals surface area contributed by atoms with E-state index in [0.717, 1.165) is 24.5 Å². The molecule has 0 aromatic heterocycles. The third kappa shape index (κ3) is 3.49. The maximum atomic E-state index is 11.9. The van der Waals surface area contributed by atoms with Crippen LogP contribution in [0.5, 0.6) is 0 Å². The fourth-order valence-corrected chi connectivity index (χ4v) is 3.36. The van der Waals surface area contributed by atoms with Gasteiger partial charge in [-0.15, -0.1) is 0 Å². The van der Waals surface area contributed by atoms with Crippen molar-refractivity contribution in [2.24, 2.45) is 5.92 Å². The second-order valence-corrected chi connectivity index (χ2v) is 5.76. The van der Waals surface area contributed by atoms with Crippen LogP contribution >= 0.6 is 11.8 Å². The Morgan fingerprint density at radius 2 is 2.07 bits per heavy atom. The monoisotopic (exact) mass is 228 g/mol. The fourth-order valence-electron chi connectivity index (χ4n) is 2.48. The number of rotatable bonds is 3. The zero-order chi connectivity index (χ0) is 10.5. The van der Waals surface area contributed by atoms with E-state index in [0.29, 0.717) is 11.7 Å². The number of Topliss-reactive ketones (excluding diaryl/α,β-unsaturated/α-hetero) is 1. The Morgan fingerprint density at radius 1 is 1.27 bits per heavy atom. The molecule has 2 nitrogen and oxygen atoms in total. The van der Waals surface area contributed by atoms with Crippen molar-refractivity contribution in [2.75, 3.05) is 18.1 Å². The lowest BCUT2D eigenvalue weighted by Gasteiger charge is -2.25. The number of carbonyl (C=O) groups is 1. The summed E-state index contributed by atoms with van der Waals surface area (Å²) >= 11 is 1.85. The lowest BCUT2D eigenvalue weighted by Crippen LogP contribution is -2.32. The molecule has 2 fully saturated rings. The maximum Gasteiger partial charge on any atom is 0.162 e. The van der Waals surface area contributed by atoms with E-state index in [9.17, 15) is 4.79 Å². The molecule has 86 valence electrons. The van der Waals surface area contributed by atoms with Gasteiger partial charge in [-0.3, -0.25) is 4.79 Å². The van der Waals surface area contributed by atoms with Crippen molar-refractivity contribution in [2.45, 2.75) is 44.6 Å². The second kappa shape index (κ2) is 5.90. The van der Waals surface area contributed by atoms with Gasteiger partial charge >= 0.3 is 0 Å². The number of hydrogen-bond acceptors (Lipinski definition) is 3. The molecule has 2 rings (SSSR count). The summed E-state index contributed by atoms with van der Waals surface area (Å²) in [6.45, 7) is 0.756. The van der Waals surface area contributed by atoms with Crippen molar-refractivity contribution in [3.63, 3.8) is 0 Å². The summed E-state index contributed by atoms with van der Waals surface area (Å²) in [5, 5.41) is 0. The molecular weight excluding hydrogens is 208 g/mol. The largest absolute Gasteiger partial charge is 0.369 e. The number of thioether (sulfide) groups is 1. The summed E-state index contributed by atoms with van der Waals surface area (Å²) in [5.74, 6) is 2.94. The van der Waals surface area contributed by atoms with Crippen LogP contribution in [-0.2, 0) is 9.53 Å². The molecule has 2 aliphatic rings. The van der Waals surface area contributed by atoms with E-state index >= 15 is 0 Å². The predicted molar refractivity (Wildman–Crippen MR) is 63.3 cm³/mol. The normalized spacial score (nSPS) is 28.9. The van der Waals surface area contributed by atoms with Gasteiger partial charge in [-0.2, -0.15) is 11.8 Å². The molecule has 0 bridgehead atoms. The molecule has 1 saturated carbocycles. The molecule has 1 unspecified atom stereocenters. The highest BCUT2D eigenvalue weighted by atomic mass is 32.2. The van der Waals surface area contributed by atoms with Crippen molar-refractivity contribution in [1.82, 2.24) is 0 Å². The van der Waals surface area contributed by atoms with Crippen molar-refractivity contribution in [3.05, 3.63) is 0 Å². The molecule has 1 saturated heterocycles. The standard InChI is InChI=1S/C12H20O2S/c13-11(12-9-15-7-6-14-12)8-10-4-2-1-3-5-10/h10,12H,1-9H2. The van der Waals surface area contributed by atoms with Gasteiger partial charge in [-0.1, -0.05) is 32.1 Å². The average molecular weight is 228 g/mol. The van der Waals surface area contributed by atoms with Crippen LogP contribution in [0.3, 0.4) is 0 Å². The molecule has 3 heteroatoms. The highest BCUT2D eigenvalue weighted by Gasteiger charge is 2.25. The first-order chi connectivity index (χ1) is 7.36. The molecule has 1 aliphatic heterocycles. The number of ketones is 1. The summed E-state index contributed by atoms with van der Waals surface area (Å²) in [4.78, 5) is 11.9. The summed E-state index contributed by atoms with van der Waals surface area (Å²) in [6.07, 6.45) is 7.19. The third-order valence-electron chi connectivity index (χ3n) is 3.39. The Kier molecular flexibility index (Phi) is 4.51. The van der Waals surface area contributed by atoms with Gasteiger partial charge in [0, 0.05) is 17.9 Å². The lowest BCUT2D eigenvalue weighted by molar-refractivity contribution is -0.130. The molecule has 15 heavy (non-hydrogen) atoms. The summed E-state index contributed by atoms with van der Waals surface area (Å²) in [6, 6.07) is 0. The Hall–Kier alpha value is -0.0200. The Labute approximate surface area is 96.1 Å². The minimum atomic E-state index is -0.0920. The smallest absolute Gasteiger partial charge is 0.162 e. The molecule has 0 N–H and O–H groups in total. The van der Waals surface area contributed by atoms with Gasteiger partial charge in [0.05, 0.1) is 6.61 Å². The summed E-state index contributed by atoms with van der Waals surface area (Å²) in [7, 11) is 0. The molecule has 0 aromatic rings. The molecule has 0 radical (unpaired) electrons. The van der Waals surface area contributed by atoms with Crippen molar-refractivity contribution in [3.8, 4) is 0 Å². The van der Waals surface area contributed by atoms with Crippen LogP contribution in [0, 0.1) is 5.92 Å². The van der Waals surface area contributed by atoms with Crippen LogP contribution < -0.4 is 0 Å². The van der Waals surface area contributed by atoms with Crippen molar-refractivity contribution in [1.29, 1.82) is 0 Å². The Balaban J connectivity index is 1.74. The Morgan fingerprint density at radius 3 is 2.73 bits per heavy atom. The van der Waals surface area contributed by atoms with E-state index < -0.39 is 0 Å². The van der Waals surface area contributed by atoms with Crippen LogP contribution in [0.4, 0.5) is 0 Å². The first-order valence-electron chi connectivity index (χ1n) is 6.08. The number of carbonyl (C=O) groups excluding carboxylic acids is 1. The highest BCUT2D eigenvalue weighted by Crippen LogP contribution is 2.27. The van der Waals surface area contributed by atoms with E-state index in [4.69, 9.17) is 4.74 Å². The van der Waals surface area contributed by atoms with Gasteiger partial charge in [-0.25, -0.2) is 0 Å². The lowest BCUT2D eigenvalue weighted by atomic mass is 9.85. The van der Waals surface area contributed by atoms with E-state index in [1.807, 2.05) is 11.8 Å². The summed E-state index contributed by atoms with van der Waals surface area (Å²) < 4.78 is 5.51. The molecule has 0 amide bonds. The summed E-state index contributed by atoms with van der Waals surface area (Å²) in [5.41, 5.74) is 0. The second-order valence-electron chi connectivity index (χ2n) is 4.61. The van der Waals surface area contributed by atoms with Crippen LogP contribution in [0.15, 0.2) is 0 Å². The van der Waals surface area contributed by atoms with Crippen LogP contribution in [0.2, 0.25) is 0 Å². The first-order valence-corrected chi connectivity index (χ1v) is 7.24. The minimum Gasteiger partial charge on any atom is -0.369 e. The van der Waals surface area contributed by atoms with Gasteiger partial charge in [0.25, 0.3) is 0 Å². The number of hydrogen-bond donors (Lipinski definition) is 0. The van der Waals surface area contributed by atoms with Crippen LogP contribution in [0.25, 0.3) is 0 Å². The number of ether oxygens (including phenoxy) is 1. The predicted octanol–water partition coefficient (Wildman–Crippen LogP) is 2.66. The van der Waals surface area contributed by atoms with Gasteiger partial charge in [0.15, 0.2) is 5.78 Å². The minimum absolute atomic E-state index is 0.0920. The van der Waals surface area contributed by atoms with Crippen molar-refractivity contribution >= 4 is 17.5 Å². The average Bonchev–Trinajstić information content (AvgIpc) is 2.31. The van der Waals surface area contributed by atoms with Gasteiger partial charge in [0.1, 0.15) is 6.10 Å². The van der Waals surface area contributed by atoms with Gasteiger partial charge in [0.2, 0.25) is 0 Å². The molecule has 1 heterocycles. The zero-order valence-corrected chi connectivity index (χ0v) is 10.1. The van der Waals surface area contributed by atoms with Crippen LogP contribution in [0.1, 0.15) is 38.5 Å². The fraction of sp³-hybridized carbons (Fsp3) is 0.917. The molecule has 0 aromatic carbocycles. The first kappa shape index (κ1) is 11.5. The quantitative estimate of drug-likeness (QED) is 0.743. The van der Waals surface area contributed by atoms with E-state index in [1.54, 1.807) is 0 Å². The molecule has 1 aliphatic carbocycles. The van der Waals surface area contributed by atoms with Gasteiger partial charge in [-0.05, 0) is 5.92 Å². The molecule has 1 atom stereocenters.